The summed E-state index contributed by atoms with van der Waals surface area (Å²) in [5, 5.41) is 11.7. The molecule has 0 aromatic heterocycles. The Hall–Kier alpha value is -1.36. The Morgan fingerprint density at radius 3 is 2.39 bits per heavy atom. The van der Waals surface area contributed by atoms with Crippen molar-refractivity contribution in [2.75, 3.05) is 5.32 Å². The molecular formula is C13H16BrNO3. The van der Waals surface area contributed by atoms with E-state index >= 15 is 0 Å². The Bertz CT molecular complexity index is 471. The summed E-state index contributed by atoms with van der Waals surface area (Å²) < 4.78 is 0.491. The van der Waals surface area contributed by atoms with E-state index in [1.807, 2.05) is 20.8 Å². The van der Waals surface area contributed by atoms with Crippen molar-refractivity contribution < 1.29 is 14.7 Å². The number of aromatic carboxylic acids is 1. The summed E-state index contributed by atoms with van der Waals surface area (Å²) in [6, 6.07) is 4.72. The number of carboxylic acids is 1. The lowest BCUT2D eigenvalue weighted by molar-refractivity contribution is -0.120. The second-order valence-corrected chi connectivity index (χ2v) is 5.38. The van der Waals surface area contributed by atoms with Crippen molar-refractivity contribution >= 4 is 33.5 Å². The van der Waals surface area contributed by atoms with Crippen molar-refractivity contribution in [3.8, 4) is 0 Å². The van der Waals surface area contributed by atoms with Gasteiger partial charge in [0.25, 0.3) is 0 Å². The monoisotopic (exact) mass is 313 g/mol. The van der Waals surface area contributed by atoms with Crippen LogP contribution in [0.4, 0.5) is 5.69 Å². The zero-order chi connectivity index (χ0) is 13.9. The fourth-order valence-corrected chi connectivity index (χ4v) is 1.74. The van der Waals surface area contributed by atoms with Gasteiger partial charge < -0.3 is 10.4 Å². The molecule has 0 heterocycles. The van der Waals surface area contributed by atoms with Gasteiger partial charge in [0.15, 0.2) is 0 Å². The van der Waals surface area contributed by atoms with Crippen molar-refractivity contribution in [1.29, 1.82) is 0 Å². The Morgan fingerprint density at radius 1 is 1.28 bits per heavy atom. The van der Waals surface area contributed by atoms with Gasteiger partial charge in [-0.15, -0.1) is 0 Å². The summed E-state index contributed by atoms with van der Waals surface area (Å²) in [5.74, 6) is -1.03. The number of rotatable bonds is 4. The summed E-state index contributed by atoms with van der Waals surface area (Å²) in [7, 11) is 0. The first-order chi connectivity index (χ1) is 8.32. The van der Waals surface area contributed by atoms with Crippen LogP contribution in [0.15, 0.2) is 22.7 Å². The molecule has 0 aliphatic heterocycles. The Morgan fingerprint density at radius 2 is 1.89 bits per heavy atom. The first-order valence-corrected chi connectivity index (χ1v) is 6.46. The third kappa shape index (κ3) is 3.57. The first kappa shape index (κ1) is 14.7. The second-order valence-electron chi connectivity index (χ2n) is 4.52. The summed E-state index contributed by atoms with van der Waals surface area (Å²) in [5.41, 5.74) is 0.623. The molecule has 1 rings (SSSR count). The number of halogens is 1. The number of hydrogen-bond donors (Lipinski definition) is 2. The fraction of sp³-hybridized carbons (Fsp3) is 0.385. The molecular weight excluding hydrogens is 298 g/mol. The number of carboxylic acid groups (broad SMARTS) is 1. The van der Waals surface area contributed by atoms with Gasteiger partial charge in [0, 0.05) is 16.1 Å². The van der Waals surface area contributed by atoms with Crippen LogP contribution in [-0.4, -0.2) is 17.0 Å². The summed E-state index contributed by atoms with van der Waals surface area (Å²) in [6.45, 7) is 5.78. The molecule has 98 valence electrons. The third-order valence-electron chi connectivity index (χ3n) is 2.88. The fourth-order valence-electron chi connectivity index (χ4n) is 1.33. The van der Waals surface area contributed by atoms with Gasteiger partial charge in [0.1, 0.15) is 0 Å². The maximum absolute atomic E-state index is 11.8. The molecule has 2 N–H and O–H groups in total. The highest BCUT2D eigenvalue weighted by molar-refractivity contribution is 9.10. The molecule has 1 aromatic rings. The quantitative estimate of drug-likeness (QED) is 0.895. The van der Waals surface area contributed by atoms with Crippen LogP contribution in [0, 0.1) is 11.8 Å². The Kier molecular flexibility index (Phi) is 4.90. The summed E-state index contributed by atoms with van der Waals surface area (Å²) >= 11 is 3.16. The topological polar surface area (TPSA) is 66.4 Å². The van der Waals surface area contributed by atoms with E-state index < -0.39 is 5.97 Å². The highest BCUT2D eigenvalue weighted by Crippen LogP contribution is 2.22. The standard InChI is InChI=1S/C13H16BrNO3/c1-7(2)8(3)12(16)15-9-4-5-11(14)10(6-9)13(17)18/h4-8H,1-3H3,(H,15,16)(H,17,18). The van der Waals surface area contributed by atoms with Gasteiger partial charge in [-0.05, 0) is 40.0 Å². The number of anilines is 1. The maximum Gasteiger partial charge on any atom is 0.336 e. The number of benzene rings is 1. The maximum atomic E-state index is 11.8. The second kappa shape index (κ2) is 6.00. The minimum absolute atomic E-state index is 0.108. The normalized spacial score (nSPS) is 12.3. The van der Waals surface area contributed by atoms with E-state index in [1.54, 1.807) is 12.1 Å². The first-order valence-electron chi connectivity index (χ1n) is 5.66. The van der Waals surface area contributed by atoms with Gasteiger partial charge in [-0.3, -0.25) is 4.79 Å². The predicted octanol–water partition coefficient (Wildman–Crippen LogP) is 3.38. The number of carbonyl (C=O) groups excluding carboxylic acids is 1. The van der Waals surface area contributed by atoms with Crippen LogP contribution in [0.1, 0.15) is 31.1 Å². The van der Waals surface area contributed by atoms with Crippen LogP contribution >= 0.6 is 15.9 Å². The summed E-state index contributed by atoms with van der Waals surface area (Å²) in [6.07, 6.45) is 0. The van der Waals surface area contributed by atoms with Crippen LogP contribution in [-0.2, 0) is 4.79 Å². The van der Waals surface area contributed by atoms with Gasteiger partial charge in [-0.1, -0.05) is 20.8 Å². The number of nitrogens with one attached hydrogen (secondary N) is 1. The number of hydrogen-bond acceptors (Lipinski definition) is 2. The molecule has 0 radical (unpaired) electrons. The molecule has 0 spiro atoms. The van der Waals surface area contributed by atoms with E-state index in [9.17, 15) is 9.59 Å². The van der Waals surface area contributed by atoms with E-state index in [0.717, 1.165) is 0 Å². The van der Waals surface area contributed by atoms with E-state index in [0.29, 0.717) is 10.2 Å². The molecule has 1 atom stereocenters. The van der Waals surface area contributed by atoms with Gasteiger partial charge in [0.05, 0.1) is 5.56 Å². The molecule has 0 saturated carbocycles. The number of carbonyl (C=O) groups is 2. The average molecular weight is 314 g/mol. The van der Waals surface area contributed by atoms with Crippen LogP contribution < -0.4 is 5.32 Å². The van der Waals surface area contributed by atoms with Crippen LogP contribution in [0.3, 0.4) is 0 Å². The SMILES string of the molecule is CC(C)C(C)C(=O)Nc1ccc(Br)c(C(=O)O)c1. The third-order valence-corrected chi connectivity index (χ3v) is 3.57. The molecule has 1 aromatic carbocycles. The van der Waals surface area contributed by atoms with E-state index in [1.165, 1.54) is 6.07 Å². The van der Waals surface area contributed by atoms with Crippen LogP contribution in [0.2, 0.25) is 0 Å². The van der Waals surface area contributed by atoms with Crippen molar-refractivity contribution in [3.05, 3.63) is 28.2 Å². The number of amides is 1. The summed E-state index contributed by atoms with van der Waals surface area (Å²) in [4.78, 5) is 22.8. The average Bonchev–Trinajstić information content (AvgIpc) is 2.29. The molecule has 0 aliphatic rings. The lowest BCUT2D eigenvalue weighted by Gasteiger charge is -2.15. The lowest BCUT2D eigenvalue weighted by Crippen LogP contribution is -2.24. The Balaban J connectivity index is 2.89. The highest BCUT2D eigenvalue weighted by atomic mass is 79.9. The Labute approximate surface area is 115 Å². The van der Waals surface area contributed by atoms with Crippen molar-refractivity contribution in [1.82, 2.24) is 0 Å². The van der Waals surface area contributed by atoms with Crippen molar-refractivity contribution in [2.45, 2.75) is 20.8 Å². The molecule has 4 nitrogen and oxygen atoms in total. The zero-order valence-corrected chi connectivity index (χ0v) is 12.1. The van der Waals surface area contributed by atoms with Crippen LogP contribution in [0.25, 0.3) is 0 Å². The highest BCUT2D eigenvalue weighted by Gasteiger charge is 2.17. The largest absolute Gasteiger partial charge is 0.478 e. The van der Waals surface area contributed by atoms with Crippen molar-refractivity contribution in [2.24, 2.45) is 11.8 Å². The van der Waals surface area contributed by atoms with Crippen molar-refractivity contribution in [3.63, 3.8) is 0 Å². The van der Waals surface area contributed by atoms with Gasteiger partial charge >= 0.3 is 5.97 Å². The molecule has 18 heavy (non-hydrogen) atoms. The zero-order valence-electron chi connectivity index (χ0n) is 10.5. The minimum Gasteiger partial charge on any atom is -0.478 e. The molecule has 0 fully saturated rings. The molecule has 0 bridgehead atoms. The molecule has 0 saturated heterocycles. The molecule has 5 heteroatoms. The van der Waals surface area contributed by atoms with E-state index in [4.69, 9.17) is 5.11 Å². The molecule has 1 unspecified atom stereocenters. The van der Waals surface area contributed by atoms with Gasteiger partial charge in [-0.25, -0.2) is 4.79 Å². The molecule has 1 amide bonds. The van der Waals surface area contributed by atoms with Gasteiger partial charge in [-0.2, -0.15) is 0 Å². The lowest BCUT2D eigenvalue weighted by atomic mass is 9.97. The minimum atomic E-state index is -1.03. The smallest absolute Gasteiger partial charge is 0.336 e. The van der Waals surface area contributed by atoms with Crippen LogP contribution in [0.5, 0.6) is 0 Å². The van der Waals surface area contributed by atoms with Gasteiger partial charge in [0.2, 0.25) is 5.91 Å². The van der Waals surface area contributed by atoms with E-state index in [2.05, 4.69) is 21.2 Å². The predicted molar refractivity (Wildman–Crippen MR) is 73.7 cm³/mol. The van der Waals surface area contributed by atoms with E-state index in [-0.39, 0.29) is 23.3 Å². The molecule has 0 aliphatic carbocycles.